The SMILES string of the molecule is O=C(NCCSCc1c(Cl)cccc1Cl)C1=C(O)C(CC2CCCCC2)NC1=O. The Balaban J connectivity index is 1.46. The van der Waals surface area contributed by atoms with Crippen LogP contribution in [0.3, 0.4) is 0 Å². The second-order valence-electron chi connectivity index (χ2n) is 7.53. The molecule has 158 valence electrons. The fourth-order valence-electron chi connectivity index (χ4n) is 3.91. The molecule has 1 aromatic rings. The van der Waals surface area contributed by atoms with E-state index in [2.05, 4.69) is 10.6 Å². The van der Waals surface area contributed by atoms with Crippen LogP contribution >= 0.6 is 35.0 Å². The normalized spacial score (nSPS) is 20.1. The summed E-state index contributed by atoms with van der Waals surface area (Å²) in [4.78, 5) is 24.6. The molecule has 3 N–H and O–H groups in total. The molecule has 1 atom stereocenters. The van der Waals surface area contributed by atoms with Crippen LogP contribution in [0, 0.1) is 5.92 Å². The van der Waals surface area contributed by atoms with Crippen LogP contribution in [-0.4, -0.2) is 35.3 Å². The van der Waals surface area contributed by atoms with E-state index in [-0.39, 0.29) is 11.3 Å². The van der Waals surface area contributed by atoms with E-state index in [4.69, 9.17) is 23.2 Å². The molecule has 1 heterocycles. The summed E-state index contributed by atoms with van der Waals surface area (Å²) in [6, 6.07) is 4.95. The number of hydrogen-bond acceptors (Lipinski definition) is 4. The first-order chi connectivity index (χ1) is 14.0. The van der Waals surface area contributed by atoms with Gasteiger partial charge in [-0.15, -0.1) is 0 Å². The number of hydrogen-bond donors (Lipinski definition) is 3. The van der Waals surface area contributed by atoms with Gasteiger partial charge in [-0.2, -0.15) is 11.8 Å². The van der Waals surface area contributed by atoms with Crippen LogP contribution in [0.1, 0.15) is 44.1 Å². The van der Waals surface area contributed by atoms with Gasteiger partial charge in [0.05, 0.1) is 6.04 Å². The summed E-state index contributed by atoms with van der Waals surface area (Å²) in [6.45, 7) is 0.378. The van der Waals surface area contributed by atoms with Gasteiger partial charge in [-0.3, -0.25) is 9.59 Å². The van der Waals surface area contributed by atoms with Crippen molar-refractivity contribution in [2.24, 2.45) is 5.92 Å². The molecule has 2 amide bonds. The van der Waals surface area contributed by atoms with Crippen molar-refractivity contribution in [2.45, 2.75) is 50.3 Å². The maximum atomic E-state index is 12.4. The van der Waals surface area contributed by atoms with Gasteiger partial charge in [0.25, 0.3) is 11.8 Å². The summed E-state index contributed by atoms with van der Waals surface area (Å²) in [5, 5.41) is 17.2. The Kier molecular flexibility index (Phi) is 8.16. The van der Waals surface area contributed by atoms with Crippen molar-refractivity contribution in [2.75, 3.05) is 12.3 Å². The van der Waals surface area contributed by atoms with E-state index >= 15 is 0 Å². The lowest BCUT2D eigenvalue weighted by molar-refractivity contribution is -0.123. The third-order valence-electron chi connectivity index (χ3n) is 5.48. The lowest BCUT2D eigenvalue weighted by Crippen LogP contribution is -2.34. The summed E-state index contributed by atoms with van der Waals surface area (Å²) in [7, 11) is 0. The predicted molar refractivity (Wildman–Crippen MR) is 118 cm³/mol. The van der Waals surface area contributed by atoms with Crippen LogP contribution < -0.4 is 10.6 Å². The van der Waals surface area contributed by atoms with E-state index in [1.165, 1.54) is 19.3 Å². The summed E-state index contributed by atoms with van der Waals surface area (Å²) < 4.78 is 0. The van der Waals surface area contributed by atoms with Gasteiger partial charge in [-0.25, -0.2) is 0 Å². The summed E-state index contributed by atoms with van der Waals surface area (Å²) >= 11 is 13.9. The highest BCUT2D eigenvalue weighted by atomic mass is 35.5. The average molecular weight is 457 g/mol. The smallest absolute Gasteiger partial charge is 0.261 e. The van der Waals surface area contributed by atoms with Crippen LogP contribution in [0.5, 0.6) is 0 Å². The highest BCUT2D eigenvalue weighted by Gasteiger charge is 2.37. The number of benzene rings is 1. The van der Waals surface area contributed by atoms with Gasteiger partial charge >= 0.3 is 0 Å². The second-order valence-corrected chi connectivity index (χ2v) is 9.45. The maximum absolute atomic E-state index is 12.4. The number of rotatable bonds is 8. The van der Waals surface area contributed by atoms with Gasteiger partial charge in [-0.05, 0) is 30.0 Å². The molecule has 3 rings (SSSR count). The molecule has 8 heteroatoms. The molecule has 1 aliphatic heterocycles. The summed E-state index contributed by atoms with van der Waals surface area (Å²) in [6.07, 6.45) is 6.58. The number of aliphatic hydroxyl groups excluding tert-OH is 1. The van der Waals surface area contributed by atoms with Crippen molar-refractivity contribution in [3.8, 4) is 0 Å². The molecule has 0 bridgehead atoms. The number of amides is 2. The van der Waals surface area contributed by atoms with Crippen molar-refractivity contribution in [3.63, 3.8) is 0 Å². The number of carbonyl (C=O) groups excluding carboxylic acids is 2. The van der Waals surface area contributed by atoms with E-state index in [1.54, 1.807) is 30.0 Å². The van der Waals surface area contributed by atoms with Gasteiger partial charge < -0.3 is 15.7 Å². The molecule has 1 aromatic carbocycles. The summed E-state index contributed by atoms with van der Waals surface area (Å²) in [5.74, 6) is 0.625. The fourth-order valence-corrected chi connectivity index (χ4v) is 5.50. The van der Waals surface area contributed by atoms with E-state index in [0.717, 1.165) is 18.4 Å². The quantitative estimate of drug-likeness (QED) is 0.393. The number of aliphatic hydroxyl groups is 1. The van der Waals surface area contributed by atoms with Gasteiger partial charge in [0.1, 0.15) is 11.3 Å². The van der Waals surface area contributed by atoms with Crippen molar-refractivity contribution in [1.82, 2.24) is 10.6 Å². The Labute approximate surface area is 185 Å². The van der Waals surface area contributed by atoms with Crippen LogP contribution in [0.25, 0.3) is 0 Å². The summed E-state index contributed by atoms with van der Waals surface area (Å²) in [5.41, 5.74) is 0.721. The number of nitrogens with one attached hydrogen (secondary N) is 2. The second kappa shape index (κ2) is 10.6. The molecular formula is C21H26Cl2N2O3S. The Morgan fingerprint density at radius 1 is 1.21 bits per heavy atom. The standard InChI is InChI=1S/C21H26Cl2N2O3S/c22-15-7-4-8-16(23)14(15)12-29-10-9-24-20(27)18-19(26)17(25-21(18)28)11-13-5-2-1-3-6-13/h4,7-8,13,17,26H,1-3,5-6,9-12H2,(H,24,27)(H,25,28). The van der Waals surface area contributed by atoms with Crippen molar-refractivity contribution in [1.29, 1.82) is 0 Å². The van der Waals surface area contributed by atoms with Gasteiger partial charge in [0, 0.05) is 28.1 Å². The average Bonchev–Trinajstić information content (AvgIpc) is 2.97. The van der Waals surface area contributed by atoms with Crippen LogP contribution in [-0.2, 0) is 15.3 Å². The minimum atomic E-state index is -0.525. The van der Waals surface area contributed by atoms with E-state index < -0.39 is 17.9 Å². The molecule has 0 aromatic heterocycles. The predicted octanol–water partition coefficient (Wildman–Crippen LogP) is 4.62. The number of halogens is 2. The minimum absolute atomic E-state index is 0.117. The van der Waals surface area contributed by atoms with Gasteiger partial charge in [0.2, 0.25) is 0 Å². The van der Waals surface area contributed by atoms with E-state index in [1.807, 2.05) is 0 Å². The van der Waals surface area contributed by atoms with Gasteiger partial charge in [-0.1, -0.05) is 61.4 Å². The third-order valence-corrected chi connectivity index (χ3v) is 7.17. The van der Waals surface area contributed by atoms with Gasteiger partial charge in [0.15, 0.2) is 0 Å². The Bertz CT molecular complexity index is 774. The topological polar surface area (TPSA) is 78.4 Å². The largest absolute Gasteiger partial charge is 0.509 e. The maximum Gasteiger partial charge on any atom is 0.261 e. The molecule has 0 spiro atoms. The van der Waals surface area contributed by atoms with Crippen LogP contribution in [0.4, 0.5) is 0 Å². The lowest BCUT2D eigenvalue weighted by Gasteiger charge is -2.24. The zero-order valence-electron chi connectivity index (χ0n) is 16.2. The molecule has 29 heavy (non-hydrogen) atoms. The molecule has 0 radical (unpaired) electrons. The molecule has 2 aliphatic rings. The van der Waals surface area contributed by atoms with Crippen molar-refractivity contribution in [3.05, 3.63) is 45.1 Å². The highest BCUT2D eigenvalue weighted by Crippen LogP contribution is 2.31. The molecule has 1 aliphatic carbocycles. The van der Waals surface area contributed by atoms with Crippen molar-refractivity contribution >= 4 is 46.8 Å². The molecule has 5 nitrogen and oxygen atoms in total. The molecule has 0 saturated heterocycles. The van der Waals surface area contributed by atoms with E-state index in [0.29, 0.717) is 40.4 Å². The molecular weight excluding hydrogens is 431 g/mol. The highest BCUT2D eigenvalue weighted by molar-refractivity contribution is 7.98. The zero-order chi connectivity index (χ0) is 20.8. The third kappa shape index (κ3) is 5.83. The van der Waals surface area contributed by atoms with Crippen molar-refractivity contribution < 1.29 is 14.7 Å². The first kappa shape index (κ1) is 22.3. The first-order valence-corrected chi connectivity index (χ1v) is 11.9. The minimum Gasteiger partial charge on any atom is -0.509 e. The first-order valence-electron chi connectivity index (χ1n) is 10.00. The fraction of sp³-hybridized carbons (Fsp3) is 0.524. The Morgan fingerprint density at radius 2 is 1.90 bits per heavy atom. The Hall–Kier alpha value is -1.37. The van der Waals surface area contributed by atoms with Crippen LogP contribution in [0.15, 0.2) is 29.5 Å². The number of carbonyl (C=O) groups is 2. The zero-order valence-corrected chi connectivity index (χ0v) is 18.5. The molecule has 1 saturated carbocycles. The Morgan fingerprint density at radius 3 is 2.59 bits per heavy atom. The molecule has 1 fully saturated rings. The van der Waals surface area contributed by atoms with E-state index in [9.17, 15) is 14.7 Å². The molecule has 1 unspecified atom stereocenters. The van der Waals surface area contributed by atoms with Crippen LogP contribution in [0.2, 0.25) is 10.0 Å². The monoisotopic (exact) mass is 456 g/mol. The number of thioether (sulfide) groups is 1. The lowest BCUT2D eigenvalue weighted by atomic mass is 9.84.